The zero-order valence-corrected chi connectivity index (χ0v) is 14.7. The van der Waals surface area contributed by atoms with Gasteiger partial charge in [-0.25, -0.2) is 8.78 Å². The lowest BCUT2D eigenvalue weighted by Gasteiger charge is -2.16. The molecule has 0 amide bonds. The van der Waals surface area contributed by atoms with Crippen molar-refractivity contribution in [2.75, 3.05) is 6.61 Å². The molecular formula is C21H24F2O2. The highest BCUT2D eigenvalue weighted by molar-refractivity contribution is 5.65. The third kappa shape index (κ3) is 3.84. The van der Waals surface area contributed by atoms with E-state index in [0.29, 0.717) is 23.5 Å². The van der Waals surface area contributed by atoms with Crippen molar-refractivity contribution in [3.05, 3.63) is 53.6 Å². The quantitative estimate of drug-likeness (QED) is 0.634. The van der Waals surface area contributed by atoms with Crippen molar-refractivity contribution in [1.29, 1.82) is 0 Å². The van der Waals surface area contributed by atoms with Crippen molar-refractivity contribution in [2.24, 2.45) is 0 Å². The number of rotatable bonds is 6. The highest BCUT2D eigenvalue weighted by Crippen LogP contribution is 2.38. The van der Waals surface area contributed by atoms with Crippen molar-refractivity contribution in [3.63, 3.8) is 0 Å². The molecule has 2 aromatic carbocycles. The molecule has 1 saturated heterocycles. The Bertz CT molecular complexity index is 713. The van der Waals surface area contributed by atoms with E-state index < -0.39 is 11.6 Å². The predicted molar refractivity (Wildman–Crippen MR) is 94.7 cm³/mol. The summed E-state index contributed by atoms with van der Waals surface area (Å²) in [6, 6.07) is 10.3. The van der Waals surface area contributed by atoms with Gasteiger partial charge in [0.1, 0.15) is 5.75 Å². The minimum atomic E-state index is -0.816. The molecule has 0 spiro atoms. The van der Waals surface area contributed by atoms with Crippen LogP contribution in [0.4, 0.5) is 8.78 Å². The topological polar surface area (TPSA) is 18.5 Å². The van der Waals surface area contributed by atoms with E-state index in [-0.39, 0.29) is 17.8 Å². The van der Waals surface area contributed by atoms with Crippen molar-refractivity contribution < 1.29 is 18.3 Å². The van der Waals surface area contributed by atoms with E-state index in [1.807, 2.05) is 6.92 Å². The molecule has 1 aliphatic heterocycles. The van der Waals surface area contributed by atoms with Crippen LogP contribution in [-0.4, -0.2) is 12.7 Å². The maximum atomic E-state index is 14.6. The van der Waals surface area contributed by atoms with Gasteiger partial charge < -0.3 is 9.47 Å². The van der Waals surface area contributed by atoms with E-state index in [2.05, 4.69) is 6.92 Å². The summed E-state index contributed by atoms with van der Waals surface area (Å²) >= 11 is 0. The Morgan fingerprint density at radius 1 is 1.00 bits per heavy atom. The maximum absolute atomic E-state index is 14.6. The van der Waals surface area contributed by atoms with E-state index in [9.17, 15) is 8.78 Å². The molecule has 3 rings (SSSR count). The lowest BCUT2D eigenvalue weighted by Crippen LogP contribution is -2.08. The molecule has 4 heteroatoms. The molecule has 0 bridgehead atoms. The summed E-state index contributed by atoms with van der Waals surface area (Å²) in [6.07, 6.45) is 3.45. The van der Waals surface area contributed by atoms with Gasteiger partial charge in [-0.05, 0) is 43.9 Å². The van der Waals surface area contributed by atoms with E-state index in [4.69, 9.17) is 9.47 Å². The second kappa shape index (κ2) is 7.96. The molecule has 2 unspecified atom stereocenters. The summed E-state index contributed by atoms with van der Waals surface area (Å²) in [5.74, 6) is -0.900. The van der Waals surface area contributed by atoms with Crippen LogP contribution in [0.3, 0.4) is 0 Å². The molecule has 25 heavy (non-hydrogen) atoms. The maximum Gasteiger partial charge on any atom is 0.167 e. The van der Waals surface area contributed by atoms with Gasteiger partial charge in [-0.1, -0.05) is 37.6 Å². The Balaban J connectivity index is 1.83. The minimum Gasteiger partial charge on any atom is -0.494 e. The van der Waals surface area contributed by atoms with Crippen LogP contribution in [-0.2, 0) is 4.74 Å². The van der Waals surface area contributed by atoms with Crippen molar-refractivity contribution in [1.82, 2.24) is 0 Å². The summed E-state index contributed by atoms with van der Waals surface area (Å²) in [6.45, 7) is 4.57. The zero-order valence-electron chi connectivity index (χ0n) is 14.7. The number of ether oxygens (including phenoxy) is 2. The molecule has 0 N–H and O–H groups in total. The van der Waals surface area contributed by atoms with Gasteiger partial charge in [0.25, 0.3) is 0 Å². The first kappa shape index (κ1) is 17.9. The van der Waals surface area contributed by atoms with Crippen LogP contribution in [0.1, 0.15) is 51.2 Å². The SMILES string of the molecule is CCCC1CCC(c2ccc(-c3ccc(OCC)cc3)c(F)c2F)O1. The summed E-state index contributed by atoms with van der Waals surface area (Å²) in [7, 11) is 0. The molecule has 1 aliphatic rings. The summed E-state index contributed by atoms with van der Waals surface area (Å²) in [5, 5.41) is 0. The fraction of sp³-hybridized carbons (Fsp3) is 0.429. The first-order valence-electron chi connectivity index (χ1n) is 9.00. The largest absolute Gasteiger partial charge is 0.494 e. The first-order chi connectivity index (χ1) is 12.1. The average molecular weight is 346 g/mol. The molecule has 2 nitrogen and oxygen atoms in total. The normalized spacial score (nSPS) is 20.0. The van der Waals surface area contributed by atoms with Crippen molar-refractivity contribution in [2.45, 2.75) is 51.7 Å². The molecule has 0 aliphatic carbocycles. The van der Waals surface area contributed by atoms with Crippen LogP contribution < -0.4 is 4.74 Å². The lowest BCUT2D eigenvalue weighted by molar-refractivity contribution is 0.0374. The summed E-state index contributed by atoms with van der Waals surface area (Å²) < 4.78 is 40.5. The summed E-state index contributed by atoms with van der Waals surface area (Å²) in [4.78, 5) is 0. The van der Waals surface area contributed by atoms with Gasteiger partial charge in [0.05, 0.1) is 18.8 Å². The van der Waals surface area contributed by atoms with Gasteiger partial charge in [-0.3, -0.25) is 0 Å². The van der Waals surface area contributed by atoms with Crippen molar-refractivity contribution in [3.8, 4) is 16.9 Å². The third-order valence-electron chi connectivity index (χ3n) is 4.65. The van der Waals surface area contributed by atoms with E-state index >= 15 is 0 Å². The Morgan fingerprint density at radius 3 is 2.44 bits per heavy atom. The van der Waals surface area contributed by atoms with Crippen LogP contribution in [0.25, 0.3) is 11.1 Å². The van der Waals surface area contributed by atoms with Gasteiger partial charge in [-0.15, -0.1) is 0 Å². The fourth-order valence-corrected chi connectivity index (χ4v) is 3.40. The van der Waals surface area contributed by atoms with Gasteiger partial charge in [-0.2, -0.15) is 0 Å². The van der Waals surface area contributed by atoms with E-state index in [0.717, 1.165) is 25.7 Å². The number of benzene rings is 2. The molecule has 2 atom stereocenters. The first-order valence-corrected chi connectivity index (χ1v) is 9.00. The fourth-order valence-electron chi connectivity index (χ4n) is 3.40. The molecule has 0 saturated carbocycles. The average Bonchev–Trinajstić information content (AvgIpc) is 3.07. The van der Waals surface area contributed by atoms with Crippen LogP contribution in [0.2, 0.25) is 0 Å². The van der Waals surface area contributed by atoms with Crippen molar-refractivity contribution >= 4 is 0 Å². The Hall–Kier alpha value is -1.94. The molecule has 1 fully saturated rings. The molecule has 1 heterocycles. The smallest absolute Gasteiger partial charge is 0.167 e. The highest BCUT2D eigenvalue weighted by atomic mass is 19.2. The molecule has 0 radical (unpaired) electrons. The minimum absolute atomic E-state index is 0.156. The zero-order chi connectivity index (χ0) is 17.8. The van der Waals surface area contributed by atoms with Gasteiger partial charge >= 0.3 is 0 Å². The third-order valence-corrected chi connectivity index (χ3v) is 4.65. The monoisotopic (exact) mass is 346 g/mol. The summed E-state index contributed by atoms with van der Waals surface area (Å²) in [5.41, 5.74) is 1.21. The van der Waals surface area contributed by atoms with Gasteiger partial charge in [0.2, 0.25) is 0 Å². The van der Waals surface area contributed by atoms with Crippen LogP contribution in [0.15, 0.2) is 36.4 Å². The van der Waals surface area contributed by atoms with Crippen LogP contribution >= 0.6 is 0 Å². The molecule has 134 valence electrons. The Kier molecular flexibility index (Phi) is 5.69. The number of halogens is 2. The number of hydrogen-bond donors (Lipinski definition) is 0. The molecular weight excluding hydrogens is 322 g/mol. The molecule has 2 aromatic rings. The van der Waals surface area contributed by atoms with Crippen LogP contribution in [0.5, 0.6) is 5.75 Å². The van der Waals surface area contributed by atoms with E-state index in [1.165, 1.54) is 0 Å². The molecule has 0 aromatic heterocycles. The van der Waals surface area contributed by atoms with E-state index in [1.54, 1.807) is 36.4 Å². The second-order valence-corrected chi connectivity index (χ2v) is 6.40. The highest BCUT2D eigenvalue weighted by Gasteiger charge is 2.29. The van der Waals surface area contributed by atoms with Crippen LogP contribution in [0, 0.1) is 11.6 Å². The second-order valence-electron chi connectivity index (χ2n) is 6.40. The Labute approximate surface area is 147 Å². The predicted octanol–water partition coefficient (Wildman–Crippen LogP) is 6.05. The van der Waals surface area contributed by atoms with Gasteiger partial charge in [0, 0.05) is 11.1 Å². The lowest BCUT2D eigenvalue weighted by atomic mass is 9.99. The Morgan fingerprint density at radius 2 is 1.76 bits per heavy atom. The standard InChI is InChI=1S/C21H24F2O2/c1-3-5-16-10-13-19(25-16)18-12-11-17(20(22)21(18)23)14-6-8-15(9-7-14)24-4-2/h6-9,11-12,16,19H,3-5,10,13H2,1-2H3. The van der Waals surface area contributed by atoms with Gasteiger partial charge in [0.15, 0.2) is 11.6 Å². The number of hydrogen-bond acceptors (Lipinski definition) is 2.